The van der Waals surface area contributed by atoms with Crippen LogP contribution in [0.1, 0.15) is 57.8 Å². The van der Waals surface area contributed by atoms with Crippen molar-refractivity contribution < 1.29 is 14.3 Å². The molecule has 2 aliphatic rings. The second-order valence-corrected chi connectivity index (χ2v) is 7.61. The van der Waals surface area contributed by atoms with Crippen molar-refractivity contribution in [2.75, 3.05) is 6.61 Å². The minimum Gasteiger partial charge on any atom is -0.472 e. The molecule has 1 fully saturated rings. The molecule has 2 aliphatic carbocycles. The Balaban J connectivity index is 2.05. The third-order valence-electron chi connectivity index (χ3n) is 5.24. The highest BCUT2D eigenvalue weighted by atomic mass is 16.5. The van der Waals surface area contributed by atoms with Crippen molar-refractivity contribution in [3.05, 3.63) is 23.7 Å². The minimum atomic E-state index is -0.678. The maximum atomic E-state index is 11.0. The first-order valence-electron chi connectivity index (χ1n) is 7.73. The number of ether oxygens (including phenoxy) is 1. The quantitative estimate of drug-likeness (QED) is 0.896. The van der Waals surface area contributed by atoms with E-state index in [1.54, 1.807) is 6.26 Å². The van der Waals surface area contributed by atoms with Crippen LogP contribution >= 0.6 is 0 Å². The van der Waals surface area contributed by atoms with E-state index in [1.165, 1.54) is 0 Å². The summed E-state index contributed by atoms with van der Waals surface area (Å²) in [6.45, 7) is 9.32. The molecule has 1 aromatic heterocycles. The van der Waals surface area contributed by atoms with Crippen LogP contribution in [0.2, 0.25) is 0 Å². The maximum absolute atomic E-state index is 11.0. The lowest BCUT2D eigenvalue weighted by molar-refractivity contribution is -0.0575. The number of rotatable bonds is 2. The van der Waals surface area contributed by atoms with Gasteiger partial charge < -0.3 is 14.3 Å². The van der Waals surface area contributed by atoms with E-state index in [4.69, 9.17) is 9.15 Å². The van der Waals surface area contributed by atoms with Gasteiger partial charge in [-0.25, -0.2) is 0 Å². The summed E-state index contributed by atoms with van der Waals surface area (Å²) >= 11 is 0. The highest BCUT2D eigenvalue weighted by Gasteiger charge is 2.53. The predicted molar refractivity (Wildman–Crippen MR) is 77.4 cm³/mol. The molecule has 1 aromatic rings. The van der Waals surface area contributed by atoms with Crippen molar-refractivity contribution in [2.24, 2.45) is 17.3 Å². The van der Waals surface area contributed by atoms with Crippen LogP contribution in [0.5, 0.6) is 0 Å². The van der Waals surface area contributed by atoms with E-state index in [0.29, 0.717) is 24.9 Å². The van der Waals surface area contributed by atoms with E-state index < -0.39 is 5.60 Å². The fourth-order valence-corrected chi connectivity index (χ4v) is 4.48. The number of hydrogen-bond acceptors (Lipinski definition) is 3. The molecule has 0 aliphatic heterocycles. The highest BCUT2D eigenvalue weighted by molar-refractivity contribution is 5.30. The van der Waals surface area contributed by atoms with Crippen molar-refractivity contribution in [3.8, 4) is 0 Å². The van der Waals surface area contributed by atoms with Gasteiger partial charge in [0.05, 0.1) is 24.2 Å². The summed E-state index contributed by atoms with van der Waals surface area (Å²) in [5.74, 6) is 0.667. The number of aliphatic hydroxyl groups is 1. The first-order chi connectivity index (χ1) is 9.34. The van der Waals surface area contributed by atoms with E-state index in [1.807, 2.05) is 20.1 Å². The molecule has 3 heteroatoms. The van der Waals surface area contributed by atoms with Gasteiger partial charge in [0.25, 0.3) is 0 Å². The fourth-order valence-electron chi connectivity index (χ4n) is 4.48. The Bertz CT molecular complexity index is 486. The van der Waals surface area contributed by atoms with Gasteiger partial charge in [-0.1, -0.05) is 13.8 Å². The maximum Gasteiger partial charge on any atom is 0.0963 e. The van der Waals surface area contributed by atoms with Gasteiger partial charge in [0.1, 0.15) is 0 Å². The lowest BCUT2D eigenvalue weighted by atomic mass is 9.78. The zero-order valence-electron chi connectivity index (χ0n) is 13.0. The standard InChI is InChI=1S/C17H26O3/c1-5-20-15-12-7-16(2,3)8-14(12)17(4,18)6-11-9-19-10-13(11)15/h9-10,12,14-15,18H,5-8H2,1-4H3/t12-,14+,15-,17-/m0/s1. The molecule has 4 atom stereocenters. The summed E-state index contributed by atoms with van der Waals surface area (Å²) in [4.78, 5) is 0. The average molecular weight is 278 g/mol. The summed E-state index contributed by atoms with van der Waals surface area (Å²) in [6.07, 6.45) is 6.49. The topological polar surface area (TPSA) is 42.6 Å². The molecule has 0 radical (unpaired) electrons. The van der Waals surface area contributed by atoms with Gasteiger partial charge in [-0.05, 0) is 49.5 Å². The highest BCUT2D eigenvalue weighted by Crippen LogP contribution is 2.57. The summed E-state index contributed by atoms with van der Waals surface area (Å²) in [7, 11) is 0. The largest absolute Gasteiger partial charge is 0.472 e. The Labute approximate surface area is 121 Å². The van der Waals surface area contributed by atoms with Gasteiger partial charge in [-0.3, -0.25) is 0 Å². The molecule has 0 unspecified atom stereocenters. The average Bonchev–Trinajstić information content (AvgIpc) is 2.88. The lowest BCUT2D eigenvalue weighted by Gasteiger charge is -2.34. The second-order valence-electron chi connectivity index (χ2n) is 7.61. The van der Waals surface area contributed by atoms with Gasteiger partial charge in [0.15, 0.2) is 0 Å². The Kier molecular flexibility index (Phi) is 3.26. The minimum absolute atomic E-state index is 0.0644. The van der Waals surface area contributed by atoms with Crippen LogP contribution < -0.4 is 0 Å². The monoisotopic (exact) mass is 278 g/mol. The molecule has 1 saturated carbocycles. The molecule has 0 aromatic carbocycles. The van der Waals surface area contributed by atoms with E-state index in [9.17, 15) is 5.11 Å². The van der Waals surface area contributed by atoms with Crippen molar-refractivity contribution in [1.82, 2.24) is 0 Å². The van der Waals surface area contributed by atoms with Crippen LogP contribution in [0.3, 0.4) is 0 Å². The molecule has 0 spiro atoms. The predicted octanol–water partition coefficient (Wildman–Crippen LogP) is 3.72. The summed E-state index contributed by atoms with van der Waals surface area (Å²) in [6, 6.07) is 0. The Morgan fingerprint density at radius 1 is 1.30 bits per heavy atom. The number of hydrogen-bond donors (Lipinski definition) is 1. The van der Waals surface area contributed by atoms with Crippen LogP contribution in [0.25, 0.3) is 0 Å². The second kappa shape index (κ2) is 4.60. The van der Waals surface area contributed by atoms with Gasteiger partial charge in [-0.2, -0.15) is 0 Å². The summed E-state index contributed by atoms with van der Waals surface area (Å²) in [5.41, 5.74) is 1.86. The third kappa shape index (κ3) is 2.21. The number of furan rings is 1. The van der Waals surface area contributed by atoms with Crippen molar-refractivity contribution in [3.63, 3.8) is 0 Å². The van der Waals surface area contributed by atoms with Crippen molar-refractivity contribution >= 4 is 0 Å². The van der Waals surface area contributed by atoms with Gasteiger partial charge in [0, 0.05) is 18.6 Å². The van der Waals surface area contributed by atoms with Crippen LogP contribution in [-0.4, -0.2) is 17.3 Å². The smallest absolute Gasteiger partial charge is 0.0963 e. The lowest BCUT2D eigenvalue weighted by Crippen LogP contribution is -2.39. The van der Waals surface area contributed by atoms with Crippen molar-refractivity contribution in [2.45, 2.75) is 58.7 Å². The van der Waals surface area contributed by atoms with Crippen LogP contribution in [0.15, 0.2) is 16.9 Å². The SMILES string of the molecule is CCO[C@@H]1c2cocc2C[C@](C)(O)[C@@H]2CC(C)(C)C[C@H]12. The van der Waals surface area contributed by atoms with E-state index in [2.05, 4.69) is 13.8 Å². The van der Waals surface area contributed by atoms with Gasteiger partial charge in [-0.15, -0.1) is 0 Å². The van der Waals surface area contributed by atoms with E-state index in [0.717, 1.165) is 24.0 Å². The first kappa shape index (κ1) is 14.2. The zero-order valence-corrected chi connectivity index (χ0v) is 13.0. The fraction of sp³-hybridized carbons (Fsp3) is 0.765. The molecule has 3 rings (SSSR count). The van der Waals surface area contributed by atoms with Crippen LogP contribution in [-0.2, 0) is 11.2 Å². The molecule has 1 heterocycles. The normalized spacial score (nSPS) is 39.1. The Morgan fingerprint density at radius 2 is 2.05 bits per heavy atom. The number of fused-ring (bicyclic) bond motifs is 2. The molecule has 0 bridgehead atoms. The molecule has 3 nitrogen and oxygen atoms in total. The zero-order chi connectivity index (χ0) is 14.5. The summed E-state index contributed by atoms with van der Waals surface area (Å²) < 4.78 is 11.5. The van der Waals surface area contributed by atoms with Crippen LogP contribution in [0, 0.1) is 17.3 Å². The molecular weight excluding hydrogens is 252 g/mol. The Morgan fingerprint density at radius 3 is 2.75 bits per heavy atom. The van der Waals surface area contributed by atoms with Crippen molar-refractivity contribution in [1.29, 1.82) is 0 Å². The molecule has 112 valence electrons. The van der Waals surface area contributed by atoms with E-state index in [-0.39, 0.29) is 11.5 Å². The molecule has 20 heavy (non-hydrogen) atoms. The Hall–Kier alpha value is -0.800. The molecule has 1 N–H and O–H groups in total. The summed E-state index contributed by atoms with van der Waals surface area (Å²) in [5, 5.41) is 11.0. The molecular formula is C17H26O3. The van der Waals surface area contributed by atoms with Gasteiger partial charge >= 0.3 is 0 Å². The third-order valence-corrected chi connectivity index (χ3v) is 5.24. The van der Waals surface area contributed by atoms with Crippen LogP contribution in [0.4, 0.5) is 0 Å². The van der Waals surface area contributed by atoms with Gasteiger partial charge in [0.2, 0.25) is 0 Å². The first-order valence-corrected chi connectivity index (χ1v) is 7.73. The molecule has 0 amide bonds. The molecule has 0 saturated heterocycles. The van der Waals surface area contributed by atoms with E-state index >= 15 is 0 Å².